The molecule has 2 aromatic rings. The molecule has 5 nitrogen and oxygen atoms in total. The predicted octanol–water partition coefficient (Wildman–Crippen LogP) is 2.60. The van der Waals surface area contributed by atoms with Crippen LogP contribution >= 0.6 is 0 Å². The maximum atomic E-state index is 6.00. The molecule has 2 fully saturated rings. The van der Waals surface area contributed by atoms with Crippen molar-refractivity contribution in [1.82, 2.24) is 19.9 Å². The fourth-order valence-electron chi connectivity index (χ4n) is 3.54. The normalized spacial score (nSPS) is 24.5. The number of imidazole rings is 1. The van der Waals surface area contributed by atoms with Crippen LogP contribution in [-0.4, -0.2) is 34.2 Å². The second-order valence-corrected chi connectivity index (χ2v) is 6.02. The molecule has 21 heavy (non-hydrogen) atoms. The van der Waals surface area contributed by atoms with Gasteiger partial charge in [-0.15, -0.1) is 0 Å². The quantitative estimate of drug-likeness (QED) is 0.922. The van der Waals surface area contributed by atoms with Crippen LogP contribution in [0.4, 0.5) is 0 Å². The summed E-state index contributed by atoms with van der Waals surface area (Å²) >= 11 is 0. The van der Waals surface area contributed by atoms with E-state index in [1.54, 1.807) is 0 Å². The molecule has 2 aliphatic heterocycles. The van der Waals surface area contributed by atoms with Gasteiger partial charge in [0.15, 0.2) is 5.65 Å². The molecule has 1 N–H and O–H groups in total. The van der Waals surface area contributed by atoms with E-state index >= 15 is 0 Å². The molecule has 0 bridgehead atoms. The van der Waals surface area contributed by atoms with Crippen molar-refractivity contribution in [1.29, 1.82) is 0 Å². The van der Waals surface area contributed by atoms with E-state index in [4.69, 9.17) is 9.72 Å². The second-order valence-electron chi connectivity index (χ2n) is 6.02. The topological polar surface area (TPSA) is 52.0 Å². The number of hydrogen-bond acceptors (Lipinski definition) is 4. The number of pyridine rings is 1. The molecular weight excluding hydrogens is 264 g/mol. The van der Waals surface area contributed by atoms with Gasteiger partial charge in [0.2, 0.25) is 0 Å². The van der Waals surface area contributed by atoms with Gasteiger partial charge in [-0.2, -0.15) is 0 Å². The van der Waals surface area contributed by atoms with Crippen molar-refractivity contribution < 1.29 is 4.74 Å². The van der Waals surface area contributed by atoms with Gasteiger partial charge in [-0.25, -0.2) is 9.97 Å². The standard InChI is InChI=1S/C16H22N4O/c1-2-11-21-14(5-1)16-19-13-4-3-8-18-15(13)20(16)12-6-9-17-10-7-12/h3-4,8,12,14,17H,1-2,5-7,9-11H2. The lowest BCUT2D eigenvalue weighted by Crippen LogP contribution is -2.31. The van der Waals surface area contributed by atoms with Crippen molar-refractivity contribution in [2.24, 2.45) is 0 Å². The van der Waals surface area contributed by atoms with Crippen LogP contribution in [0.15, 0.2) is 18.3 Å². The van der Waals surface area contributed by atoms with E-state index in [1.165, 1.54) is 12.8 Å². The first-order valence-electron chi connectivity index (χ1n) is 8.08. The van der Waals surface area contributed by atoms with Crippen LogP contribution in [0.5, 0.6) is 0 Å². The number of piperidine rings is 1. The molecule has 0 spiro atoms. The predicted molar refractivity (Wildman–Crippen MR) is 81.2 cm³/mol. The highest BCUT2D eigenvalue weighted by Crippen LogP contribution is 2.33. The van der Waals surface area contributed by atoms with Crippen molar-refractivity contribution in [3.8, 4) is 0 Å². The van der Waals surface area contributed by atoms with Crippen LogP contribution in [0, 0.1) is 0 Å². The molecule has 4 heterocycles. The van der Waals surface area contributed by atoms with Gasteiger partial charge in [-0.3, -0.25) is 0 Å². The first-order valence-corrected chi connectivity index (χ1v) is 8.08. The van der Waals surface area contributed by atoms with Crippen LogP contribution < -0.4 is 5.32 Å². The van der Waals surface area contributed by atoms with Crippen molar-refractivity contribution in [2.45, 2.75) is 44.2 Å². The molecule has 5 heteroatoms. The summed E-state index contributed by atoms with van der Waals surface area (Å²) < 4.78 is 8.37. The molecule has 1 unspecified atom stereocenters. The molecule has 2 saturated heterocycles. The second kappa shape index (κ2) is 5.73. The molecule has 0 aromatic carbocycles. The van der Waals surface area contributed by atoms with Gasteiger partial charge in [0.05, 0.1) is 0 Å². The molecule has 0 radical (unpaired) electrons. The van der Waals surface area contributed by atoms with Crippen molar-refractivity contribution >= 4 is 11.2 Å². The number of rotatable bonds is 2. The highest BCUT2D eigenvalue weighted by molar-refractivity contribution is 5.71. The lowest BCUT2D eigenvalue weighted by Gasteiger charge is -2.29. The summed E-state index contributed by atoms with van der Waals surface area (Å²) in [6.45, 7) is 3.00. The monoisotopic (exact) mass is 286 g/mol. The Bertz CT molecular complexity index is 612. The Hall–Kier alpha value is -1.46. The third-order valence-corrected chi connectivity index (χ3v) is 4.62. The van der Waals surface area contributed by atoms with Crippen molar-refractivity contribution in [3.05, 3.63) is 24.2 Å². The number of nitrogens with zero attached hydrogens (tertiary/aromatic N) is 3. The summed E-state index contributed by atoms with van der Waals surface area (Å²) in [4.78, 5) is 9.46. The third kappa shape index (κ3) is 2.45. The summed E-state index contributed by atoms with van der Waals surface area (Å²) in [5.74, 6) is 1.09. The summed E-state index contributed by atoms with van der Waals surface area (Å²) in [5, 5.41) is 3.44. The summed E-state index contributed by atoms with van der Waals surface area (Å²) in [6.07, 6.45) is 7.77. The van der Waals surface area contributed by atoms with Crippen LogP contribution in [-0.2, 0) is 4.74 Å². The zero-order valence-corrected chi connectivity index (χ0v) is 12.3. The molecule has 2 aliphatic rings. The molecule has 2 aromatic heterocycles. The van der Waals surface area contributed by atoms with Crippen LogP contribution in [0.3, 0.4) is 0 Å². The van der Waals surface area contributed by atoms with Gasteiger partial charge in [0.1, 0.15) is 17.4 Å². The Morgan fingerprint density at radius 2 is 2.10 bits per heavy atom. The Kier molecular flexibility index (Phi) is 3.61. The minimum atomic E-state index is 0.142. The SMILES string of the molecule is c1cnc2c(c1)nc(C1CCCCO1)n2C1CCNCC1. The van der Waals surface area contributed by atoms with E-state index in [1.807, 2.05) is 12.3 Å². The minimum absolute atomic E-state index is 0.142. The Balaban J connectivity index is 1.79. The highest BCUT2D eigenvalue weighted by Gasteiger charge is 2.28. The molecular formula is C16H22N4O. The van der Waals surface area contributed by atoms with Crippen LogP contribution in [0.2, 0.25) is 0 Å². The number of ether oxygens (including phenoxy) is 1. The Morgan fingerprint density at radius 1 is 1.19 bits per heavy atom. The fourth-order valence-corrected chi connectivity index (χ4v) is 3.54. The summed E-state index contributed by atoms with van der Waals surface area (Å²) in [7, 11) is 0. The van der Waals surface area contributed by atoms with E-state index in [9.17, 15) is 0 Å². The first kappa shape index (κ1) is 13.2. The van der Waals surface area contributed by atoms with Crippen LogP contribution in [0.1, 0.15) is 50.1 Å². The highest BCUT2D eigenvalue weighted by atomic mass is 16.5. The maximum Gasteiger partial charge on any atom is 0.160 e. The summed E-state index contributed by atoms with van der Waals surface area (Å²) in [6, 6.07) is 4.52. The lowest BCUT2D eigenvalue weighted by molar-refractivity contribution is 0.00643. The zero-order chi connectivity index (χ0) is 14.1. The largest absolute Gasteiger partial charge is 0.370 e. The van der Waals surface area contributed by atoms with E-state index in [0.29, 0.717) is 6.04 Å². The molecule has 0 amide bonds. The van der Waals surface area contributed by atoms with Crippen LogP contribution in [0.25, 0.3) is 11.2 Å². The number of fused-ring (bicyclic) bond motifs is 1. The molecule has 4 rings (SSSR count). The Morgan fingerprint density at radius 3 is 2.90 bits per heavy atom. The number of nitrogens with one attached hydrogen (secondary N) is 1. The molecule has 0 saturated carbocycles. The van der Waals surface area contributed by atoms with E-state index in [0.717, 1.165) is 55.9 Å². The van der Waals surface area contributed by atoms with Gasteiger partial charge >= 0.3 is 0 Å². The van der Waals surface area contributed by atoms with Gasteiger partial charge in [0.25, 0.3) is 0 Å². The molecule has 0 aliphatic carbocycles. The average molecular weight is 286 g/mol. The van der Waals surface area contributed by atoms with Crippen molar-refractivity contribution in [2.75, 3.05) is 19.7 Å². The third-order valence-electron chi connectivity index (χ3n) is 4.62. The first-order chi connectivity index (χ1) is 10.4. The van der Waals surface area contributed by atoms with Gasteiger partial charge in [0, 0.05) is 18.8 Å². The van der Waals surface area contributed by atoms with E-state index < -0.39 is 0 Å². The number of aromatic nitrogens is 3. The number of hydrogen-bond donors (Lipinski definition) is 1. The Labute approximate surface area is 124 Å². The fraction of sp³-hybridized carbons (Fsp3) is 0.625. The maximum absolute atomic E-state index is 6.00. The minimum Gasteiger partial charge on any atom is -0.370 e. The van der Waals surface area contributed by atoms with E-state index in [2.05, 4.69) is 20.9 Å². The zero-order valence-electron chi connectivity index (χ0n) is 12.3. The van der Waals surface area contributed by atoms with Gasteiger partial charge < -0.3 is 14.6 Å². The smallest absolute Gasteiger partial charge is 0.160 e. The van der Waals surface area contributed by atoms with Gasteiger partial charge in [-0.05, 0) is 57.3 Å². The van der Waals surface area contributed by atoms with Gasteiger partial charge in [-0.1, -0.05) is 0 Å². The summed E-state index contributed by atoms with van der Waals surface area (Å²) in [5.41, 5.74) is 2.02. The average Bonchev–Trinajstić information content (AvgIpc) is 2.96. The van der Waals surface area contributed by atoms with Crippen molar-refractivity contribution in [3.63, 3.8) is 0 Å². The molecule has 1 atom stereocenters. The lowest BCUT2D eigenvalue weighted by atomic mass is 10.0. The molecule has 112 valence electrons. The van der Waals surface area contributed by atoms with E-state index in [-0.39, 0.29) is 6.10 Å².